The van der Waals surface area contributed by atoms with E-state index < -0.39 is 0 Å². The molecule has 0 atom stereocenters. The van der Waals surface area contributed by atoms with E-state index in [0.717, 1.165) is 12.2 Å². The van der Waals surface area contributed by atoms with Gasteiger partial charge in [-0.05, 0) is 30.5 Å². The van der Waals surface area contributed by atoms with E-state index in [1.54, 1.807) is 6.07 Å². The van der Waals surface area contributed by atoms with Crippen molar-refractivity contribution in [3.05, 3.63) is 28.8 Å². The molecule has 0 spiro atoms. The molecule has 0 aliphatic carbocycles. The summed E-state index contributed by atoms with van der Waals surface area (Å²) in [6.07, 6.45) is 0. The van der Waals surface area contributed by atoms with Crippen LogP contribution in [0, 0.1) is 5.41 Å². The maximum atomic E-state index is 11.3. The van der Waals surface area contributed by atoms with E-state index in [0.29, 0.717) is 10.6 Å². The van der Waals surface area contributed by atoms with E-state index in [4.69, 9.17) is 11.6 Å². The van der Waals surface area contributed by atoms with Gasteiger partial charge in [0.15, 0.2) is 5.78 Å². The average molecular weight is 254 g/mol. The first-order chi connectivity index (χ1) is 7.70. The molecular formula is C14H20ClNO. The molecule has 0 bridgehead atoms. The van der Waals surface area contributed by atoms with Gasteiger partial charge in [-0.3, -0.25) is 4.79 Å². The Kier molecular flexibility index (Phi) is 4.21. The van der Waals surface area contributed by atoms with Gasteiger partial charge in [0.25, 0.3) is 0 Å². The van der Waals surface area contributed by atoms with Crippen molar-refractivity contribution in [1.82, 2.24) is 0 Å². The minimum Gasteiger partial charge on any atom is -0.374 e. The Labute approximate surface area is 109 Å². The van der Waals surface area contributed by atoms with E-state index >= 15 is 0 Å². The summed E-state index contributed by atoms with van der Waals surface area (Å²) in [5, 5.41) is 0.524. The van der Waals surface area contributed by atoms with Crippen molar-refractivity contribution in [2.24, 2.45) is 5.41 Å². The van der Waals surface area contributed by atoms with Crippen LogP contribution in [0.15, 0.2) is 18.2 Å². The largest absolute Gasteiger partial charge is 0.374 e. The molecule has 1 aromatic carbocycles. The van der Waals surface area contributed by atoms with Gasteiger partial charge in [0.2, 0.25) is 0 Å². The second-order valence-corrected chi connectivity index (χ2v) is 6.04. The highest BCUT2D eigenvalue weighted by Gasteiger charge is 2.15. The molecule has 1 aromatic rings. The molecule has 0 fully saturated rings. The van der Waals surface area contributed by atoms with Crippen molar-refractivity contribution in [1.29, 1.82) is 0 Å². The summed E-state index contributed by atoms with van der Waals surface area (Å²) in [7, 11) is 2.03. The summed E-state index contributed by atoms with van der Waals surface area (Å²) in [4.78, 5) is 13.4. The topological polar surface area (TPSA) is 20.3 Å². The van der Waals surface area contributed by atoms with E-state index in [1.165, 1.54) is 6.92 Å². The maximum absolute atomic E-state index is 11.3. The van der Waals surface area contributed by atoms with Crippen LogP contribution in [-0.2, 0) is 0 Å². The lowest BCUT2D eigenvalue weighted by atomic mass is 9.96. The van der Waals surface area contributed by atoms with Gasteiger partial charge in [-0.25, -0.2) is 0 Å². The van der Waals surface area contributed by atoms with E-state index in [1.807, 2.05) is 19.2 Å². The van der Waals surface area contributed by atoms with Gasteiger partial charge < -0.3 is 4.90 Å². The third-order valence-corrected chi connectivity index (χ3v) is 2.80. The number of carbonyl (C=O) groups excluding carboxylic acids is 1. The molecule has 17 heavy (non-hydrogen) atoms. The van der Waals surface area contributed by atoms with E-state index in [9.17, 15) is 4.79 Å². The zero-order valence-corrected chi connectivity index (χ0v) is 11.9. The van der Waals surface area contributed by atoms with E-state index in [-0.39, 0.29) is 11.2 Å². The number of carbonyl (C=O) groups is 1. The smallest absolute Gasteiger partial charge is 0.161 e. The fraction of sp³-hybridized carbons (Fsp3) is 0.500. The minimum atomic E-state index is 0.0000226. The first kappa shape index (κ1) is 14.0. The van der Waals surface area contributed by atoms with Crippen molar-refractivity contribution in [2.75, 3.05) is 18.5 Å². The number of rotatable bonds is 3. The molecule has 94 valence electrons. The number of nitrogens with zero attached hydrogens (tertiary/aromatic N) is 1. The molecular weight excluding hydrogens is 234 g/mol. The fourth-order valence-electron chi connectivity index (χ4n) is 1.83. The fourth-order valence-corrected chi connectivity index (χ4v) is 2.14. The predicted octanol–water partition coefficient (Wildman–Crippen LogP) is 4.02. The molecule has 0 amide bonds. The van der Waals surface area contributed by atoms with Gasteiger partial charge in [0, 0.05) is 24.8 Å². The molecule has 0 aliphatic rings. The van der Waals surface area contributed by atoms with E-state index in [2.05, 4.69) is 25.7 Å². The zero-order valence-electron chi connectivity index (χ0n) is 11.2. The highest BCUT2D eigenvalue weighted by molar-refractivity contribution is 6.34. The molecule has 3 heteroatoms. The van der Waals surface area contributed by atoms with Crippen LogP contribution in [0.25, 0.3) is 0 Å². The van der Waals surface area contributed by atoms with Gasteiger partial charge in [0.05, 0.1) is 5.02 Å². The summed E-state index contributed by atoms with van der Waals surface area (Å²) < 4.78 is 0. The number of anilines is 1. The van der Waals surface area contributed by atoms with Crippen molar-refractivity contribution in [3.8, 4) is 0 Å². The lowest BCUT2D eigenvalue weighted by Gasteiger charge is -2.28. The van der Waals surface area contributed by atoms with Crippen LogP contribution in [0.5, 0.6) is 0 Å². The molecule has 0 radical (unpaired) electrons. The molecule has 0 aliphatic heterocycles. The Morgan fingerprint density at radius 1 is 1.35 bits per heavy atom. The number of benzene rings is 1. The van der Waals surface area contributed by atoms with Crippen LogP contribution in [-0.4, -0.2) is 19.4 Å². The Hall–Kier alpha value is -1.02. The molecule has 0 saturated heterocycles. The van der Waals surface area contributed by atoms with Gasteiger partial charge >= 0.3 is 0 Å². The first-order valence-electron chi connectivity index (χ1n) is 5.72. The van der Waals surface area contributed by atoms with Crippen molar-refractivity contribution < 1.29 is 4.79 Å². The molecule has 0 unspecified atom stereocenters. The summed E-state index contributed by atoms with van der Waals surface area (Å²) >= 11 is 6.09. The van der Waals surface area contributed by atoms with Crippen LogP contribution in [0.3, 0.4) is 0 Å². The van der Waals surface area contributed by atoms with Crippen molar-refractivity contribution >= 4 is 23.1 Å². The summed E-state index contributed by atoms with van der Waals surface area (Å²) in [5.74, 6) is 0.0000226. The lowest BCUT2D eigenvalue weighted by Crippen LogP contribution is -2.29. The van der Waals surface area contributed by atoms with Crippen molar-refractivity contribution in [3.63, 3.8) is 0 Å². The lowest BCUT2D eigenvalue weighted by molar-refractivity contribution is 0.101. The van der Waals surface area contributed by atoms with Gasteiger partial charge in [-0.1, -0.05) is 32.4 Å². The van der Waals surface area contributed by atoms with Gasteiger partial charge in [0.1, 0.15) is 0 Å². The zero-order chi connectivity index (χ0) is 13.2. The van der Waals surface area contributed by atoms with Crippen molar-refractivity contribution in [2.45, 2.75) is 27.7 Å². The number of hydrogen-bond acceptors (Lipinski definition) is 2. The molecule has 0 N–H and O–H groups in total. The van der Waals surface area contributed by atoms with Gasteiger partial charge in [-0.15, -0.1) is 0 Å². The monoisotopic (exact) mass is 253 g/mol. The van der Waals surface area contributed by atoms with Gasteiger partial charge in [-0.2, -0.15) is 0 Å². The highest BCUT2D eigenvalue weighted by atomic mass is 35.5. The summed E-state index contributed by atoms with van der Waals surface area (Å²) in [6.45, 7) is 9.03. The molecule has 0 heterocycles. The molecule has 0 aromatic heterocycles. The number of Topliss-reactive ketones (excluding diaryl/α,β-unsaturated/α-hetero) is 1. The molecule has 1 rings (SSSR count). The summed E-state index contributed by atoms with van der Waals surface area (Å²) in [6, 6.07) is 5.58. The predicted molar refractivity (Wildman–Crippen MR) is 74.2 cm³/mol. The molecule has 0 saturated carbocycles. The van der Waals surface area contributed by atoms with Crippen LogP contribution in [0.4, 0.5) is 5.69 Å². The Morgan fingerprint density at radius 2 is 1.94 bits per heavy atom. The summed E-state index contributed by atoms with van der Waals surface area (Å²) in [5.41, 5.74) is 1.84. The SMILES string of the molecule is CC(=O)c1ccc(N(C)CC(C)(C)C)cc1Cl. The third-order valence-electron chi connectivity index (χ3n) is 2.48. The second kappa shape index (κ2) is 5.09. The number of ketones is 1. The first-order valence-corrected chi connectivity index (χ1v) is 6.10. The van der Waals surface area contributed by atoms with Crippen LogP contribution in [0.2, 0.25) is 5.02 Å². The standard InChI is InChI=1S/C14H20ClNO/c1-10(17)12-7-6-11(8-13(12)15)16(5)9-14(2,3)4/h6-8H,9H2,1-5H3. The molecule has 2 nitrogen and oxygen atoms in total. The number of halogens is 1. The van der Waals surface area contributed by atoms with Crippen LogP contribution >= 0.6 is 11.6 Å². The second-order valence-electron chi connectivity index (χ2n) is 5.64. The average Bonchev–Trinajstić information content (AvgIpc) is 2.14. The normalized spacial score (nSPS) is 11.4. The minimum absolute atomic E-state index is 0.0000226. The third kappa shape index (κ3) is 4.04. The Bertz CT molecular complexity index is 421. The maximum Gasteiger partial charge on any atom is 0.161 e. The number of hydrogen-bond donors (Lipinski definition) is 0. The van der Waals surface area contributed by atoms with Crippen LogP contribution < -0.4 is 4.90 Å². The van der Waals surface area contributed by atoms with Crippen LogP contribution in [0.1, 0.15) is 38.1 Å². The highest BCUT2D eigenvalue weighted by Crippen LogP contribution is 2.25. The quantitative estimate of drug-likeness (QED) is 0.759. The Morgan fingerprint density at radius 3 is 2.35 bits per heavy atom. The Balaban J connectivity index is 2.94.